The number of carbonyl (C=O) groups excluding carboxylic acids is 1. The molecule has 0 spiro atoms. The first-order valence-corrected chi connectivity index (χ1v) is 7.85. The van der Waals surface area contributed by atoms with Crippen LogP contribution in [-0.2, 0) is 4.79 Å². The Morgan fingerprint density at radius 2 is 2.10 bits per heavy atom. The van der Waals surface area contributed by atoms with Crippen molar-refractivity contribution in [2.24, 2.45) is 22.7 Å². The van der Waals surface area contributed by atoms with Crippen LogP contribution in [0.2, 0.25) is 0 Å². The normalized spacial score (nSPS) is 31.1. The summed E-state index contributed by atoms with van der Waals surface area (Å²) in [5, 5.41) is 16.3. The summed E-state index contributed by atoms with van der Waals surface area (Å²) in [6.07, 6.45) is 4.90. The van der Waals surface area contributed by atoms with E-state index >= 15 is 0 Å². The van der Waals surface area contributed by atoms with Crippen molar-refractivity contribution in [2.75, 3.05) is 6.54 Å². The van der Waals surface area contributed by atoms with E-state index in [0.29, 0.717) is 6.54 Å². The molecule has 1 heterocycles. The molecule has 3 atom stereocenters. The molecule has 5 nitrogen and oxygen atoms in total. The average Bonchev–Trinajstić information content (AvgIpc) is 2.74. The number of amides is 1. The summed E-state index contributed by atoms with van der Waals surface area (Å²) in [5.41, 5.74) is 6.53. The number of hydrazone groups is 1. The van der Waals surface area contributed by atoms with E-state index in [-0.39, 0.29) is 23.8 Å². The second kappa shape index (κ2) is 6.68. The minimum atomic E-state index is -0.432. The molecule has 20 heavy (non-hydrogen) atoms. The Kier molecular flexibility index (Phi) is 5.16. The van der Waals surface area contributed by atoms with E-state index in [9.17, 15) is 9.90 Å². The van der Waals surface area contributed by atoms with Crippen LogP contribution in [0.1, 0.15) is 52.4 Å². The standard InChI is InChI=1S/C15H27N3O2/c1-10(2)14-11(6-5-9-16)15(20)18(17-14)12-7-3-4-8-13(12)19/h10-13,19H,3-9,16H2,1-2H3. The molecule has 0 aromatic heterocycles. The van der Waals surface area contributed by atoms with Gasteiger partial charge in [0, 0.05) is 0 Å². The first-order chi connectivity index (χ1) is 9.56. The number of carbonyl (C=O) groups is 1. The van der Waals surface area contributed by atoms with E-state index in [1.165, 1.54) is 0 Å². The van der Waals surface area contributed by atoms with Crippen LogP contribution in [0.4, 0.5) is 0 Å². The second-order valence-electron chi connectivity index (χ2n) is 6.27. The molecule has 2 rings (SSSR count). The Morgan fingerprint density at radius 1 is 1.40 bits per heavy atom. The van der Waals surface area contributed by atoms with Crippen LogP contribution in [0.25, 0.3) is 0 Å². The summed E-state index contributed by atoms with van der Waals surface area (Å²) in [6.45, 7) is 4.74. The van der Waals surface area contributed by atoms with E-state index in [1.807, 2.05) is 0 Å². The Hall–Kier alpha value is -0.940. The lowest BCUT2D eigenvalue weighted by Gasteiger charge is -2.32. The van der Waals surface area contributed by atoms with Crippen molar-refractivity contribution < 1.29 is 9.90 Å². The van der Waals surface area contributed by atoms with Gasteiger partial charge in [0.15, 0.2) is 0 Å². The van der Waals surface area contributed by atoms with E-state index in [2.05, 4.69) is 18.9 Å². The summed E-state index contributed by atoms with van der Waals surface area (Å²) < 4.78 is 0. The van der Waals surface area contributed by atoms with Gasteiger partial charge in [-0.15, -0.1) is 0 Å². The lowest BCUT2D eigenvalue weighted by molar-refractivity contribution is -0.137. The molecule has 0 radical (unpaired) electrons. The van der Waals surface area contributed by atoms with Gasteiger partial charge in [0.2, 0.25) is 0 Å². The molecule has 114 valence electrons. The molecule has 1 aliphatic carbocycles. The maximum Gasteiger partial charge on any atom is 0.251 e. The van der Waals surface area contributed by atoms with Crippen LogP contribution in [0.3, 0.4) is 0 Å². The Morgan fingerprint density at radius 3 is 2.70 bits per heavy atom. The van der Waals surface area contributed by atoms with Gasteiger partial charge in [-0.1, -0.05) is 26.7 Å². The first-order valence-electron chi connectivity index (χ1n) is 7.85. The van der Waals surface area contributed by atoms with Crippen molar-refractivity contribution in [1.29, 1.82) is 0 Å². The lowest BCUT2D eigenvalue weighted by atomic mass is 9.89. The maximum atomic E-state index is 12.6. The van der Waals surface area contributed by atoms with Gasteiger partial charge in [-0.25, -0.2) is 5.01 Å². The van der Waals surface area contributed by atoms with Gasteiger partial charge in [-0.3, -0.25) is 4.79 Å². The molecule has 3 unspecified atom stereocenters. The van der Waals surface area contributed by atoms with Crippen LogP contribution in [0.15, 0.2) is 5.10 Å². The van der Waals surface area contributed by atoms with Crippen molar-refractivity contribution in [2.45, 2.75) is 64.5 Å². The summed E-state index contributed by atoms with van der Waals surface area (Å²) in [5.74, 6) is 0.188. The zero-order valence-corrected chi connectivity index (χ0v) is 12.6. The van der Waals surface area contributed by atoms with Crippen molar-refractivity contribution in [3.05, 3.63) is 0 Å². The van der Waals surface area contributed by atoms with Gasteiger partial charge in [-0.05, 0) is 38.1 Å². The Bertz CT molecular complexity index is 381. The molecule has 1 fully saturated rings. The minimum absolute atomic E-state index is 0.0631. The minimum Gasteiger partial charge on any atom is -0.391 e. The third-order valence-corrected chi connectivity index (χ3v) is 4.40. The Labute approximate surface area is 121 Å². The zero-order chi connectivity index (χ0) is 14.7. The molecular formula is C15H27N3O2. The van der Waals surface area contributed by atoms with Crippen molar-refractivity contribution >= 4 is 11.6 Å². The fraction of sp³-hybridized carbons (Fsp3) is 0.867. The lowest BCUT2D eigenvalue weighted by Crippen LogP contribution is -2.45. The van der Waals surface area contributed by atoms with Crippen LogP contribution in [0, 0.1) is 11.8 Å². The molecule has 0 aromatic carbocycles. The predicted octanol–water partition coefficient (Wildman–Crippen LogP) is 1.50. The molecule has 1 saturated carbocycles. The fourth-order valence-electron chi connectivity index (χ4n) is 3.26. The van der Waals surface area contributed by atoms with E-state index in [4.69, 9.17) is 5.73 Å². The van der Waals surface area contributed by atoms with Crippen LogP contribution >= 0.6 is 0 Å². The molecule has 0 saturated heterocycles. The molecule has 0 aromatic rings. The van der Waals surface area contributed by atoms with Gasteiger partial charge < -0.3 is 10.8 Å². The first kappa shape index (κ1) is 15.4. The van der Waals surface area contributed by atoms with E-state index in [0.717, 1.165) is 44.2 Å². The molecule has 1 aliphatic heterocycles. The molecular weight excluding hydrogens is 254 g/mol. The van der Waals surface area contributed by atoms with Crippen LogP contribution < -0.4 is 5.73 Å². The van der Waals surface area contributed by atoms with Crippen LogP contribution in [0.5, 0.6) is 0 Å². The largest absolute Gasteiger partial charge is 0.391 e. The topological polar surface area (TPSA) is 78.9 Å². The monoisotopic (exact) mass is 281 g/mol. The van der Waals surface area contributed by atoms with E-state index < -0.39 is 6.10 Å². The van der Waals surface area contributed by atoms with Gasteiger partial charge >= 0.3 is 0 Å². The van der Waals surface area contributed by atoms with Crippen LogP contribution in [-0.4, -0.2) is 40.4 Å². The highest BCUT2D eigenvalue weighted by Crippen LogP contribution is 2.31. The summed E-state index contributed by atoms with van der Waals surface area (Å²) in [4.78, 5) is 12.6. The van der Waals surface area contributed by atoms with E-state index in [1.54, 1.807) is 5.01 Å². The number of nitrogens with zero attached hydrogens (tertiary/aromatic N) is 2. The highest BCUT2D eigenvalue weighted by molar-refractivity contribution is 6.08. The quantitative estimate of drug-likeness (QED) is 0.801. The fourth-order valence-corrected chi connectivity index (χ4v) is 3.26. The van der Waals surface area contributed by atoms with Crippen molar-refractivity contribution in [1.82, 2.24) is 5.01 Å². The van der Waals surface area contributed by atoms with Crippen molar-refractivity contribution in [3.63, 3.8) is 0 Å². The maximum absolute atomic E-state index is 12.6. The highest BCUT2D eigenvalue weighted by Gasteiger charge is 2.42. The summed E-state index contributed by atoms with van der Waals surface area (Å²) in [6, 6.07) is -0.132. The van der Waals surface area contributed by atoms with Gasteiger partial charge in [0.25, 0.3) is 5.91 Å². The molecule has 1 amide bonds. The molecule has 0 bridgehead atoms. The number of aliphatic hydroxyl groups excluding tert-OH is 1. The van der Waals surface area contributed by atoms with Gasteiger partial charge in [0.05, 0.1) is 23.8 Å². The predicted molar refractivity (Wildman–Crippen MR) is 79.2 cm³/mol. The Balaban J connectivity index is 2.15. The second-order valence-corrected chi connectivity index (χ2v) is 6.27. The number of aliphatic hydroxyl groups is 1. The van der Waals surface area contributed by atoms with Crippen molar-refractivity contribution in [3.8, 4) is 0 Å². The summed E-state index contributed by atoms with van der Waals surface area (Å²) >= 11 is 0. The number of hydrogen-bond acceptors (Lipinski definition) is 4. The highest BCUT2D eigenvalue weighted by atomic mass is 16.3. The molecule has 3 N–H and O–H groups in total. The third-order valence-electron chi connectivity index (χ3n) is 4.40. The van der Waals surface area contributed by atoms with Gasteiger partial charge in [-0.2, -0.15) is 5.10 Å². The smallest absolute Gasteiger partial charge is 0.251 e. The average molecular weight is 281 g/mol. The number of hydrogen-bond donors (Lipinski definition) is 2. The van der Waals surface area contributed by atoms with Gasteiger partial charge in [0.1, 0.15) is 0 Å². The molecule has 5 heteroatoms. The molecule has 2 aliphatic rings. The SMILES string of the molecule is CC(C)C1=NN(C2CCCCC2O)C(=O)C1CCCN. The number of nitrogens with two attached hydrogens (primary N) is 1. The zero-order valence-electron chi connectivity index (χ0n) is 12.6. The third kappa shape index (κ3) is 3.04. The number of rotatable bonds is 5. The summed E-state index contributed by atoms with van der Waals surface area (Å²) in [7, 11) is 0.